The van der Waals surface area contributed by atoms with Gasteiger partial charge in [-0.25, -0.2) is 4.21 Å². The lowest BCUT2D eigenvalue weighted by atomic mass is 10.00. The summed E-state index contributed by atoms with van der Waals surface area (Å²) in [6, 6.07) is 12.0. The van der Waals surface area contributed by atoms with Crippen LogP contribution in [0.3, 0.4) is 0 Å². The Morgan fingerprint density at radius 2 is 1.90 bits per heavy atom. The average molecular weight is 550 g/mol. The highest BCUT2D eigenvalue weighted by Crippen LogP contribution is 2.37. The van der Waals surface area contributed by atoms with E-state index in [4.69, 9.17) is 5.11 Å². The van der Waals surface area contributed by atoms with E-state index in [0.29, 0.717) is 21.4 Å². The molecule has 206 valence electrons. The first kappa shape index (κ1) is 27.0. The maximum atomic E-state index is 13.5. The number of fused-ring (bicyclic) bond motifs is 3. The fraction of sp³-hybridized carbons (Fsp3) is 0.393. The minimum Gasteiger partial charge on any atom is -0.395 e. The van der Waals surface area contributed by atoms with Gasteiger partial charge in [0, 0.05) is 54.6 Å². The summed E-state index contributed by atoms with van der Waals surface area (Å²) in [6.07, 6.45) is 0. The second-order valence-corrected chi connectivity index (χ2v) is 11.9. The number of anilines is 2. The molecule has 0 aliphatic carbocycles. The molecule has 39 heavy (non-hydrogen) atoms. The van der Waals surface area contributed by atoms with Gasteiger partial charge in [0.15, 0.2) is 10.8 Å². The molecule has 0 spiro atoms. The Labute approximate surface area is 231 Å². The topological polar surface area (TPSA) is 116 Å². The van der Waals surface area contributed by atoms with E-state index in [1.54, 1.807) is 4.68 Å². The molecule has 3 N–H and O–H groups in total. The van der Waals surface area contributed by atoms with Crippen molar-refractivity contribution in [1.82, 2.24) is 25.2 Å². The molecule has 2 aromatic carbocycles. The highest BCUT2D eigenvalue weighted by atomic mass is 32.2. The molecule has 5 rings (SSSR count). The third-order valence-electron chi connectivity index (χ3n) is 7.54. The SMILES string of the molecule is C=C1Nc2c(S(=O)c3ccc(C)cc3C)nnn2-c2cc(N3CCN(C(C)(C)C(=O)NCCO)CC3)ccc21. The van der Waals surface area contributed by atoms with Crippen LogP contribution in [0.25, 0.3) is 11.4 Å². The Bertz CT molecular complexity index is 1460. The molecule has 10 nitrogen and oxygen atoms in total. The summed E-state index contributed by atoms with van der Waals surface area (Å²) in [6.45, 7) is 15.1. The average Bonchev–Trinajstić information content (AvgIpc) is 3.35. The van der Waals surface area contributed by atoms with Crippen molar-refractivity contribution in [3.63, 3.8) is 0 Å². The van der Waals surface area contributed by atoms with E-state index in [9.17, 15) is 9.00 Å². The van der Waals surface area contributed by atoms with Gasteiger partial charge in [-0.15, -0.1) is 5.10 Å². The van der Waals surface area contributed by atoms with Gasteiger partial charge in [-0.05, 0) is 57.5 Å². The number of carbonyl (C=O) groups is 1. The number of hydrogen-bond donors (Lipinski definition) is 3. The van der Waals surface area contributed by atoms with E-state index >= 15 is 0 Å². The van der Waals surface area contributed by atoms with Crippen molar-refractivity contribution in [3.05, 3.63) is 59.7 Å². The molecule has 1 fully saturated rings. The first-order chi connectivity index (χ1) is 18.6. The van der Waals surface area contributed by atoms with Crippen LogP contribution in [-0.4, -0.2) is 80.0 Å². The Kier molecular flexibility index (Phi) is 7.32. The predicted octanol–water partition coefficient (Wildman–Crippen LogP) is 2.46. The standard InChI is InChI=1S/C28H35N7O3S/c1-18-6-9-24(19(2)16-18)39(38)26-25-30-20(3)22-8-7-21(17-23(22)35(25)32-31-26)33-11-13-34(14-12-33)28(4,5)27(37)29-10-15-36/h6-9,16-17,30,36H,3,10-15H2,1-2,4-5H3,(H,29,37). The van der Waals surface area contributed by atoms with Crippen LogP contribution < -0.4 is 15.5 Å². The molecule has 1 saturated heterocycles. The van der Waals surface area contributed by atoms with Crippen LogP contribution in [0.2, 0.25) is 0 Å². The smallest absolute Gasteiger partial charge is 0.240 e. The maximum absolute atomic E-state index is 13.5. The first-order valence-corrected chi connectivity index (χ1v) is 14.2. The van der Waals surface area contributed by atoms with Crippen molar-refractivity contribution in [1.29, 1.82) is 0 Å². The zero-order valence-electron chi connectivity index (χ0n) is 22.8. The van der Waals surface area contributed by atoms with Crippen LogP contribution in [0, 0.1) is 13.8 Å². The van der Waals surface area contributed by atoms with Gasteiger partial charge in [0.05, 0.1) is 17.8 Å². The largest absolute Gasteiger partial charge is 0.395 e. The van der Waals surface area contributed by atoms with E-state index < -0.39 is 16.3 Å². The Morgan fingerprint density at radius 3 is 2.59 bits per heavy atom. The third-order valence-corrected chi connectivity index (χ3v) is 9.02. The van der Waals surface area contributed by atoms with Crippen molar-refractivity contribution >= 4 is 33.9 Å². The highest BCUT2D eigenvalue weighted by Gasteiger charge is 2.36. The molecule has 2 aliphatic heterocycles. The molecule has 11 heteroatoms. The lowest BCUT2D eigenvalue weighted by Crippen LogP contribution is -2.60. The number of aryl methyl sites for hydroxylation is 2. The Morgan fingerprint density at radius 1 is 1.15 bits per heavy atom. The molecule has 0 saturated carbocycles. The third kappa shape index (κ3) is 4.97. The second-order valence-electron chi connectivity index (χ2n) is 10.5. The fourth-order valence-electron chi connectivity index (χ4n) is 5.19. The summed E-state index contributed by atoms with van der Waals surface area (Å²) >= 11 is 0. The summed E-state index contributed by atoms with van der Waals surface area (Å²) in [5.74, 6) is 0.473. The van der Waals surface area contributed by atoms with Gasteiger partial charge >= 0.3 is 0 Å². The molecule has 1 amide bonds. The van der Waals surface area contributed by atoms with Crippen molar-refractivity contribution in [2.24, 2.45) is 0 Å². The highest BCUT2D eigenvalue weighted by molar-refractivity contribution is 7.85. The van der Waals surface area contributed by atoms with Gasteiger partial charge in [-0.3, -0.25) is 9.69 Å². The molecule has 3 aromatic rings. The Hall–Kier alpha value is -3.54. The van der Waals surface area contributed by atoms with Crippen LogP contribution in [0.4, 0.5) is 11.5 Å². The summed E-state index contributed by atoms with van der Waals surface area (Å²) in [5.41, 5.74) is 4.85. The molecular formula is C28H35N7O3S. The molecule has 0 bridgehead atoms. The number of aromatic nitrogens is 3. The summed E-state index contributed by atoms with van der Waals surface area (Å²) < 4.78 is 15.2. The molecular weight excluding hydrogens is 514 g/mol. The fourth-order valence-corrected chi connectivity index (χ4v) is 6.36. The molecule has 2 aliphatic rings. The number of aliphatic hydroxyl groups excluding tert-OH is 1. The lowest BCUT2D eigenvalue weighted by Gasteiger charge is -2.43. The van der Waals surface area contributed by atoms with Gasteiger partial charge in [-0.1, -0.05) is 29.5 Å². The van der Waals surface area contributed by atoms with Crippen molar-refractivity contribution in [2.75, 3.05) is 49.5 Å². The number of hydrogen-bond acceptors (Lipinski definition) is 8. The van der Waals surface area contributed by atoms with E-state index in [1.807, 2.05) is 52.0 Å². The predicted molar refractivity (Wildman–Crippen MR) is 153 cm³/mol. The first-order valence-electron chi connectivity index (χ1n) is 13.1. The van der Waals surface area contributed by atoms with Gasteiger partial charge in [0.25, 0.3) is 0 Å². The van der Waals surface area contributed by atoms with Gasteiger partial charge in [-0.2, -0.15) is 4.68 Å². The van der Waals surface area contributed by atoms with Crippen LogP contribution in [0.5, 0.6) is 0 Å². The quantitative estimate of drug-likeness (QED) is 0.412. The van der Waals surface area contributed by atoms with Gasteiger partial charge in [0.1, 0.15) is 10.8 Å². The number of carbonyl (C=O) groups excluding carboxylic acids is 1. The van der Waals surface area contributed by atoms with E-state index in [1.165, 1.54) is 0 Å². The van der Waals surface area contributed by atoms with Crippen LogP contribution >= 0.6 is 0 Å². The summed E-state index contributed by atoms with van der Waals surface area (Å²) in [4.78, 5) is 17.8. The molecule has 1 aromatic heterocycles. The van der Waals surface area contributed by atoms with Crippen LogP contribution in [-0.2, 0) is 15.6 Å². The maximum Gasteiger partial charge on any atom is 0.240 e. The number of rotatable bonds is 7. The van der Waals surface area contributed by atoms with Crippen molar-refractivity contribution < 1.29 is 14.1 Å². The zero-order chi connectivity index (χ0) is 27.9. The molecule has 0 radical (unpaired) electrons. The number of nitrogens with one attached hydrogen (secondary N) is 2. The summed E-state index contributed by atoms with van der Waals surface area (Å²) in [5, 5.41) is 24.2. The normalized spacial score (nSPS) is 16.3. The molecule has 1 unspecified atom stereocenters. The summed E-state index contributed by atoms with van der Waals surface area (Å²) in [7, 11) is -1.51. The monoisotopic (exact) mass is 549 g/mol. The van der Waals surface area contributed by atoms with Crippen molar-refractivity contribution in [2.45, 2.75) is 43.2 Å². The van der Waals surface area contributed by atoms with Gasteiger partial charge < -0.3 is 20.6 Å². The van der Waals surface area contributed by atoms with Crippen LogP contribution in [0.15, 0.2) is 52.9 Å². The van der Waals surface area contributed by atoms with Crippen molar-refractivity contribution in [3.8, 4) is 5.69 Å². The zero-order valence-corrected chi connectivity index (χ0v) is 23.6. The number of benzene rings is 2. The van der Waals surface area contributed by atoms with E-state index in [-0.39, 0.29) is 19.1 Å². The van der Waals surface area contributed by atoms with Crippen LogP contribution in [0.1, 0.15) is 30.5 Å². The van der Waals surface area contributed by atoms with E-state index in [0.717, 1.165) is 54.2 Å². The molecule has 3 heterocycles. The number of piperazine rings is 1. The number of amides is 1. The van der Waals surface area contributed by atoms with E-state index in [2.05, 4.69) is 49.5 Å². The Balaban J connectivity index is 1.38. The minimum atomic E-state index is -1.51. The number of nitrogens with zero attached hydrogens (tertiary/aromatic N) is 5. The molecule has 1 atom stereocenters. The minimum absolute atomic E-state index is 0.0770. The second kappa shape index (κ2) is 10.6. The lowest BCUT2D eigenvalue weighted by molar-refractivity contribution is -0.132. The number of aliphatic hydroxyl groups is 1. The van der Waals surface area contributed by atoms with Gasteiger partial charge in [0.2, 0.25) is 5.91 Å².